The van der Waals surface area contributed by atoms with E-state index < -0.39 is 6.04 Å². The number of carbonyl (C=O) groups excluding carboxylic acids is 1. The maximum absolute atomic E-state index is 13.8. The van der Waals surface area contributed by atoms with Crippen molar-refractivity contribution in [2.45, 2.75) is 13.0 Å². The summed E-state index contributed by atoms with van der Waals surface area (Å²) in [6, 6.07) is 20.8. The Morgan fingerprint density at radius 3 is 2.61 bits per heavy atom. The van der Waals surface area contributed by atoms with Crippen molar-refractivity contribution in [1.82, 2.24) is 9.13 Å². The lowest BCUT2D eigenvalue weighted by atomic mass is 10.0. The third kappa shape index (κ3) is 3.75. The molecule has 0 saturated heterocycles. The zero-order chi connectivity index (χ0) is 24.8. The minimum atomic E-state index is -0.542. The van der Waals surface area contributed by atoms with E-state index in [1.807, 2.05) is 86.2 Å². The van der Waals surface area contributed by atoms with Crippen molar-refractivity contribution in [3.05, 3.63) is 120 Å². The van der Waals surface area contributed by atoms with Crippen LogP contribution in [0, 0.1) is 0 Å². The Morgan fingerprint density at radius 2 is 1.83 bits per heavy atom. The Morgan fingerprint density at radius 1 is 1.06 bits per heavy atom. The molecule has 5 aromatic rings. The molecule has 0 saturated carbocycles. The van der Waals surface area contributed by atoms with Gasteiger partial charge in [0.15, 0.2) is 4.80 Å². The molecule has 1 aliphatic rings. The van der Waals surface area contributed by atoms with Gasteiger partial charge in [-0.1, -0.05) is 53.8 Å². The van der Waals surface area contributed by atoms with E-state index in [4.69, 9.17) is 4.99 Å². The number of allylic oxidation sites excluding steroid dienone is 1. The fourth-order valence-corrected chi connectivity index (χ4v) is 6.54. The van der Waals surface area contributed by atoms with E-state index in [1.165, 1.54) is 22.7 Å². The molecule has 0 bridgehead atoms. The molecular weight excluding hydrogens is 488 g/mol. The minimum absolute atomic E-state index is 0.150. The van der Waals surface area contributed by atoms with Crippen molar-refractivity contribution < 1.29 is 4.79 Å². The normalized spacial score (nSPS) is 15.7. The molecule has 1 aliphatic heterocycles. The first-order valence-electron chi connectivity index (χ1n) is 11.5. The fourth-order valence-electron chi connectivity index (χ4n) is 4.68. The van der Waals surface area contributed by atoms with Gasteiger partial charge in [0.2, 0.25) is 0 Å². The first kappa shape index (κ1) is 22.5. The highest BCUT2D eigenvalue weighted by Crippen LogP contribution is 2.33. The molecule has 36 heavy (non-hydrogen) atoms. The van der Waals surface area contributed by atoms with Crippen molar-refractivity contribution in [1.29, 1.82) is 0 Å². The van der Waals surface area contributed by atoms with E-state index in [9.17, 15) is 9.59 Å². The molecule has 1 amide bonds. The number of thiazole rings is 1. The second-order valence-electron chi connectivity index (χ2n) is 8.63. The van der Waals surface area contributed by atoms with Crippen LogP contribution in [0.5, 0.6) is 0 Å². The molecular formula is C28H22N4O2S2. The number of rotatable bonds is 4. The number of nitrogens with zero attached hydrogens (tertiary/aromatic N) is 3. The number of fused-ring (bicyclic) bond motifs is 2. The number of aromatic nitrogens is 2. The number of carbonyl (C=O) groups is 1. The number of aryl methyl sites for hydroxylation is 1. The van der Waals surface area contributed by atoms with E-state index in [-0.39, 0.29) is 11.5 Å². The predicted octanol–water partition coefficient (Wildman–Crippen LogP) is 4.43. The number of amides is 1. The SMILES string of the molecule is CC1=C(C(=O)Nc2ccccc2)[C@@H](c2cccs2)n2c(s/c(=C\c3cn(C)c4ccccc34)c2=O)=N1. The summed E-state index contributed by atoms with van der Waals surface area (Å²) in [6.07, 6.45) is 3.96. The summed E-state index contributed by atoms with van der Waals surface area (Å²) in [7, 11) is 2.00. The predicted molar refractivity (Wildman–Crippen MR) is 146 cm³/mol. The Labute approximate surface area is 214 Å². The highest BCUT2D eigenvalue weighted by molar-refractivity contribution is 7.10. The molecule has 0 unspecified atom stereocenters. The van der Waals surface area contributed by atoms with Crippen LogP contribution in [-0.4, -0.2) is 15.0 Å². The maximum Gasteiger partial charge on any atom is 0.271 e. The van der Waals surface area contributed by atoms with Crippen LogP contribution in [0.3, 0.4) is 0 Å². The average Bonchev–Trinajstić information content (AvgIpc) is 3.59. The monoisotopic (exact) mass is 510 g/mol. The van der Waals surface area contributed by atoms with Gasteiger partial charge in [0.1, 0.15) is 6.04 Å². The number of anilines is 1. The van der Waals surface area contributed by atoms with Gasteiger partial charge in [-0.15, -0.1) is 11.3 Å². The second-order valence-corrected chi connectivity index (χ2v) is 10.6. The van der Waals surface area contributed by atoms with Crippen molar-refractivity contribution in [3.8, 4) is 0 Å². The highest BCUT2D eigenvalue weighted by Gasteiger charge is 2.33. The first-order chi connectivity index (χ1) is 17.5. The topological polar surface area (TPSA) is 68.4 Å². The fraction of sp³-hybridized carbons (Fsp3) is 0.107. The Kier molecular flexibility index (Phi) is 5.55. The van der Waals surface area contributed by atoms with Crippen molar-refractivity contribution in [3.63, 3.8) is 0 Å². The molecule has 3 aromatic heterocycles. The van der Waals surface area contributed by atoms with Crippen molar-refractivity contribution in [2.24, 2.45) is 12.0 Å². The van der Waals surface area contributed by atoms with Crippen LogP contribution in [0.4, 0.5) is 5.69 Å². The zero-order valence-electron chi connectivity index (χ0n) is 19.6. The van der Waals surface area contributed by atoms with Gasteiger partial charge in [-0.05, 0) is 42.6 Å². The molecule has 0 spiro atoms. The summed E-state index contributed by atoms with van der Waals surface area (Å²) in [5, 5.41) is 6.02. The smallest absolute Gasteiger partial charge is 0.271 e. The van der Waals surface area contributed by atoms with Gasteiger partial charge in [0.05, 0.1) is 15.8 Å². The van der Waals surface area contributed by atoms with Crippen LogP contribution in [-0.2, 0) is 11.8 Å². The first-order valence-corrected chi connectivity index (χ1v) is 13.2. The summed E-state index contributed by atoms with van der Waals surface area (Å²) in [6.45, 7) is 1.84. The van der Waals surface area contributed by atoms with E-state index in [2.05, 4.69) is 22.0 Å². The van der Waals surface area contributed by atoms with Crippen LogP contribution >= 0.6 is 22.7 Å². The van der Waals surface area contributed by atoms with E-state index in [0.717, 1.165) is 21.3 Å². The molecule has 8 heteroatoms. The summed E-state index contributed by atoms with van der Waals surface area (Å²) in [5.41, 5.74) is 3.71. The summed E-state index contributed by atoms with van der Waals surface area (Å²) in [4.78, 5) is 33.6. The summed E-state index contributed by atoms with van der Waals surface area (Å²) in [5.74, 6) is -0.260. The Balaban J connectivity index is 1.51. The number of nitrogens with one attached hydrogen (secondary N) is 1. The average molecular weight is 511 g/mol. The number of hydrogen-bond acceptors (Lipinski definition) is 5. The summed E-state index contributed by atoms with van der Waals surface area (Å²) >= 11 is 2.88. The van der Waals surface area contributed by atoms with Crippen LogP contribution in [0.25, 0.3) is 17.0 Å². The molecule has 1 atom stereocenters. The van der Waals surface area contributed by atoms with E-state index >= 15 is 0 Å². The molecule has 0 fully saturated rings. The molecule has 178 valence electrons. The van der Waals surface area contributed by atoms with Gasteiger partial charge in [-0.3, -0.25) is 14.2 Å². The Hall–Kier alpha value is -4.01. The highest BCUT2D eigenvalue weighted by atomic mass is 32.1. The number of thiophene rings is 1. The van der Waals surface area contributed by atoms with Gasteiger partial charge in [0.25, 0.3) is 11.5 Å². The van der Waals surface area contributed by atoms with Crippen LogP contribution in [0.1, 0.15) is 23.4 Å². The van der Waals surface area contributed by atoms with Gasteiger partial charge >= 0.3 is 0 Å². The standard InChI is InChI=1S/C28H22N4O2S2/c1-17-24(26(33)30-19-9-4-3-5-10-19)25(22-13-8-14-35-22)32-27(34)23(36-28(32)29-17)15-18-16-31(2)21-12-7-6-11-20(18)21/h3-16,25H,1-2H3,(H,30,33)/b23-15-/t25-/m1/s1. The summed E-state index contributed by atoms with van der Waals surface area (Å²) < 4.78 is 4.31. The number of benzene rings is 2. The van der Waals surface area contributed by atoms with Gasteiger partial charge in [-0.2, -0.15) is 0 Å². The quantitative estimate of drug-likeness (QED) is 0.389. The molecule has 1 N–H and O–H groups in total. The number of para-hydroxylation sites is 2. The lowest BCUT2D eigenvalue weighted by Crippen LogP contribution is -2.40. The minimum Gasteiger partial charge on any atom is -0.350 e. The molecule has 4 heterocycles. The van der Waals surface area contributed by atoms with Crippen LogP contribution < -0.4 is 20.2 Å². The maximum atomic E-state index is 13.8. The second kappa shape index (κ2) is 8.89. The molecule has 2 aromatic carbocycles. The molecule has 6 rings (SSSR count). The zero-order valence-corrected chi connectivity index (χ0v) is 21.3. The van der Waals surface area contributed by atoms with Gasteiger partial charge in [-0.25, -0.2) is 4.99 Å². The Bertz CT molecular complexity index is 1820. The van der Waals surface area contributed by atoms with Crippen LogP contribution in [0.2, 0.25) is 0 Å². The lowest BCUT2D eigenvalue weighted by Gasteiger charge is -2.24. The molecule has 0 radical (unpaired) electrons. The third-order valence-corrected chi connectivity index (χ3v) is 8.23. The van der Waals surface area contributed by atoms with Gasteiger partial charge in [0, 0.05) is 40.3 Å². The lowest BCUT2D eigenvalue weighted by molar-refractivity contribution is -0.113. The van der Waals surface area contributed by atoms with Crippen molar-refractivity contribution >= 4 is 51.2 Å². The molecule has 0 aliphatic carbocycles. The third-order valence-electron chi connectivity index (χ3n) is 6.33. The van der Waals surface area contributed by atoms with E-state index in [1.54, 1.807) is 4.57 Å². The van der Waals surface area contributed by atoms with E-state index in [0.29, 0.717) is 26.3 Å². The largest absolute Gasteiger partial charge is 0.350 e. The molecule has 6 nitrogen and oxygen atoms in total. The number of hydrogen-bond donors (Lipinski definition) is 1. The van der Waals surface area contributed by atoms with Gasteiger partial charge < -0.3 is 9.88 Å². The van der Waals surface area contributed by atoms with Crippen LogP contribution in [0.15, 0.2) is 99.4 Å². The van der Waals surface area contributed by atoms with Crippen molar-refractivity contribution in [2.75, 3.05) is 5.32 Å².